The van der Waals surface area contributed by atoms with E-state index in [-0.39, 0.29) is 0 Å². The lowest BCUT2D eigenvalue weighted by Crippen LogP contribution is -1.96. The molecular weight excluding hydrogens is 196 g/mol. The van der Waals surface area contributed by atoms with Crippen molar-refractivity contribution in [2.24, 2.45) is 5.92 Å². The number of allylic oxidation sites excluding steroid dienone is 2. The van der Waals surface area contributed by atoms with Crippen molar-refractivity contribution in [1.82, 2.24) is 0 Å². The summed E-state index contributed by atoms with van der Waals surface area (Å²) in [5.41, 5.74) is 0. The zero-order valence-electron chi connectivity index (χ0n) is 10.7. The minimum absolute atomic E-state index is 0.324. The molecule has 0 amide bonds. The molecule has 0 heterocycles. The number of rotatable bonds is 9. The van der Waals surface area contributed by atoms with Gasteiger partial charge in [-0.3, -0.25) is 4.79 Å². The maximum atomic E-state index is 11.0. The summed E-state index contributed by atoms with van der Waals surface area (Å²) in [6.07, 6.45) is 16.9. The minimum atomic E-state index is 0.324. The fraction of sp³-hybridized carbons (Fsp3) is 0.800. The van der Waals surface area contributed by atoms with Gasteiger partial charge < -0.3 is 0 Å². The van der Waals surface area contributed by atoms with E-state index in [1.165, 1.54) is 57.8 Å². The first-order chi connectivity index (χ1) is 7.83. The zero-order chi connectivity index (χ0) is 11.6. The van der Waals surface area contributed by atoms with Crippen LogP contribution in [0.1, 0.15) is 71.1 Å². The summed E-state index contributed by atoms with van der Waals surface area (Å²) in [7, 11) is 0. The Morgan fingerprint density at radius 1 is 1.06 bits per heavy atom. The van der Waals surface area contributed by atoms with Crippen LogP contribution in [0.2, 0.25) is 0 Å². The van der Waals surface area contributed by atoms with Gasteiger partial charge in [0.1, 0.15) is 0 Å². The maximum absolute atomic E-state index is 11.0. The van der Waals surface area contributed by atoms with E-state index in [0.29, 0.717) is 11.7 Å². The molecule has 0 bridgehead atoms. The van der Waals surface area contributed by atoms with Crippen LogP contribution in [0, 0.1) is 5.92 Å². The molecule has 0 aromatic heterocycles. The molecule has 1 heteroatoms. The van der Waals surface area contributed by atoms with Crippen LogP contribution < -0.4 is 0 Å². The first-order valence-electron chi connectivity index (χ1n) is 7.04. The van der Waals surface area contributed by atoms with E-state index in [1.807, 2.05) is 0 Å². The summed E-state index contributed by atoms with van der Waals surface area (Å²) in [5, 5.41) is 0. The molecule has 92 valence electrons. The maximum Gasteiger partial charge on any atom is 0.155 e. The number of carbonyl (C=O) groups is 1. The molecule has 0 aromatic carbocycles. The molecule has 0 unspecified atom stereocenters. The van der Waals surface area contributed by atoms with Gasteiger partial charge in [-0.2, -0.15) is 0 Å². The average Bonchev–Trinajstić information content (AvgIpc) is 2.68. The molecule has 1 aliphatic carbocycles. The van der Waals surface area contributed by atoms with Crippen LogP contribution in [0.3, 0.4) is 0 Å². The highest BCUT2D eigenvalue weighted by molar-refractivity contribution is 5.92. The lowest BCUT2D eigenvalue weighted by Gasteiger charge is -2.06. The topological polar surface area (TPSA) is 17.1 Å². The minimum Gasteiger partial charge on any atom is -0.295 e. The molecule has 0 aromatic rings. The summed E-state index contributed by atoms with van der Waals surface area (Å²) in [6, 6.07) is 0. The molecule has 0 aliphatic heterocycles. The second kappa shape index (κ2) is 8.55. The quantitative estimate of drug-likeness (QED) is 0.518. The smallest absolute Gasteiger partial charge is 0.155 e. The summed E-state index contributed by atoms with van der Waals surface area (Å²) in [6.45, 7) is 2.26. The Kier molecular flexibility index (Phi) is 7.20. The first-order valence-corrected chi connectivity index (χ1v) is 7.04. The fourth-order valence-corrected chi connectivity index (χ4v) is 2.38. The summed E-state index contributed by atoms with van der Waals surface area (Å²) >= 11 is 0. The Labute approximate surface area is 100 Å². The summed E-state index contributed by atoms with van der Waals surface area (Å²) < 4.78 is 0. The van der Waals surface area contributed by atoms with Crippen molar-refractivity contribution in [1.29, 1.82) is 0 Å². The van der Waals surface area contributed by atoms with Gasteiger partial charge in [0.2, 0.25) is 0 Å². The van der Waals surface area contributed by atoms with Crippen LogP contribution in [0.25, 0.3) is 0 Å². The Hall–Kier alpha value is -0.590. The molecule has 0 spiro atoms. The largest absolute Gasteiger partial charge is 0.295 e. The lowest BCUT2D eigenvalue weighted by molar-refractivity contribution is -0.114. The molecule has 0 radical (unpaired) electrons. The molecule has 0 saturated heterocycles. The number of hydrogen-bond acceptors (Lipinski definition) is 1. The number of ketones is 1. The SMILES string of the molecule is CCCCCCCCCC[C@@H]1C=CC(=O)C1. The molecular formula is C15H26O. The number of unbranched alkanes of at least 4 members (excludes halogenated alkanes) is 7. The normalized spacial score (nSPS) is 19.6. The van der Waals surface area contributed by atoms with Crippen molar-refractivity contribution in [3.8, 4) is 0 Å². The third-order valence-electron chi connectivity index (χ3n) is 3.45. The molecule has 16 heavy (non-hydrogen) atoms. The molecule has 1 atom stereocenters. The second-order valence-corrected chi connectivity index (χ2v) is 5.05. The Morgan fingerprint density at radius 3 is 2.25 bits per heavy atom. The highest BCUT2D eigenvalue weighted by atomic mass is 16.1. The van der Waals surface area contributed by atoms with Crippen molar-refractivity contribution in [2.75, 3.05) is 0 Å². The Bertz CT molecular complexity index is 217. The third kappa shape index (κ3) is 6.09. The van der Waals surface area contributed by atoms with Crippen LogP contribution in [0.15, 0.2) is 12.2 Å². The van der Waals surface area contributed by atoms with E-state index in [2.05, 4.69) is 13.0 Å². The van der Waals surface area contributed by atoms with Gasteiger partial charge in [-0.25, -0.2) is 0 Å². The molecule has 1 nitrogen and oxygen atoms in total. The van der Waals surface area contributed by atoms with Gasteiger partial charge in [0.05, 0.1) is 0 Å². The predicted molar refractivity (Wildman–Crippen MR) is 69.5 cm³/mol. The second-order valence-electron chi connectivity index (χ2n) is 5.05. The summed E-state index contributed by atoms with van der Waals surface area (Å²) in [4.78, 5) is 11.0. The van der Waals surface area contributed by atoms with Crippen molar-refractivity contribution < 1.29 is 4.79 Å². The van der Waals surface area contributed by atoms with Gasteiger partial charge in [0, 0.05) is 6.42 Å². The predicted octanol–water partition coefficient (Wildman–Crippen LogP) is 4.66. The van der Waals surface area contributed by atoms with Crippen LogP contribution in [-0.2, 0) is 4.79 Å². The molecule has 0 fully saturated rings. The number of hydrogen-bond donors (Lipinski definition) is 0. The highest BCUT2D eigenvalue weighted by Gasteiger charge is 2.14. The van der Waals surface area contributed by atoms with Crippen molar-refractivity contribution in [3.63, 3.8) is 0 Å². The average molecular weight is 222 g/mol. The third-order valence-corrected chi connectivity index (χ3v) is 3.45. The van der Waals surface area contributed by atoms with Gasteiger partial charge in [-0.05, 0) is 18.4 Å². The standard InChI is InChI=1S/C15H26O/c1-2-3-4-5-6-7-8-9-10-14-11-12-15(16)13-14/h11-12,14H,2-10,13H2,1H3/t14-/m1/s1. The van der Waals surface area contributed by atoms with Crippen LogP contribution in [-0.4, -0.2) is 5.78 Å². The molecule has 1 rings (SSSR count). The molecule has 0 N–H and O–H groups in total. The van der Waals surface area contributed by atoms with Gasteiger partial charge >= 0.3 is 0 Å². The first kappa shape index (κ1) is 13.5. The van der Waals surface area contributed by atoms with Gasteiger partial charge in [0.25, 0.3) is 0 Å². The fourth-order valence-electron chi connectivity index (χ4n) is 2.38. The van der Waals surface area contributed by atoms with Crippen LogP contribution in [0.4, 0.5) is 0 Å². The number of carbonyl (C=O) groups excluding carboxylic acids is 1. The van der Waals surface area contributed by atoms with Gasteiger partial charge in [0.15, 0.2) is 5.78 Å². The van der Waals surface area contributed by atoms with E-state index >= 15 is 0 Å². The Balaban J connectivity index is 1.82. The monoisotopic (exact) mass is 222 g/mol. The van der Waals surface area contributed by atoms with Crippen molar-refractivity contribution in [3.05, 3.63) is 12.2 Å². The van der Waals surface area contributed by atoms with Gasteiger partial charge in [-0.15, -0.1) is 0 Å². The van der Waals surface area contributed by atoms with Crippen LogP contribution in [0.5, 0.6) is 0 Å². The van der Waals surface area contributed by atoms with E-state index in [1.54, 1.807) is 6.08 Å². The van der Waals surface area contributed by atoms with Gasteiger partial charge in [-0.1, -0.05) is 64.4 Å². The lowest BCUT2D eigenvalue weighted by atomic mass is 9.99. The zero-order valence-corrected chi connectivity index (χ0v) is 10.7. The van der Waals surface area contributed by atoms with E-state index < -0.39 is 0 Å². The molecule has 1 aliphatic rings. The van der Waals surface area contributed by atoms with Crippen molar-refractivity contribution >= 4 is 5.78 Å². The highest BCUT2D eigenvalue weighted by Crippen LogP contribution is 2.21. The van der Waals surface area contributed by atoms with E-state index in [4.69, 9.17) is 0 Å². The van der Waals surface area contributed by atoms with Crippen LogP contribution >= 0.6 is 0 Å². The Morgan fingerprint density at radius 2 is 1.69 bits per heavy atom. The summed E-state index contributed by atoms with van der Waals surface area (Å²) in [5.74, 6) is 0.886. The molecule has 0 saturated carbocycles. The van der Waals surface area contributed by atoms with E-state index in [0.717, 1.165) is 6.42 Å². The van der Waals surface area contributed by atoms with Crippen molar-refractivity contribution in [2.45, 2.75) is 71.1 Å². The van der Waals surface area contributed by atoms with E-state index in [9.17, 15) is 4.79 Å².